The number of aromatic amines is 1. The first-order chi connectivity index (χ1) is 8.79. The summed E-state index contributed by atoms with van der Waals surface area (Å²) < 4.78 is 4.73. The molecular formula is C14H22N2O3. The quantitative estimate of drug-likeness (QED) is 0.849. The molecule has 1 aromatic heterocycles. The van der Waals surface area contributed by atoms with Crippen LogP contribution in [-0.2, 0) is 4.74 Å². The van der Waals surface area contributed by atoms with E-state index in [9.17, 15) is 9.59 Å². The van der Waals surface area contributed by atoms with E-state index in [4.69, 9.17) is 4.74 Å². The van der Waals surface area contributed by atoms with E-state index in [2.05, 4.69) is 18.8 Å². The Morgan fingerprint density at radius 3 is 2.37 bits per heavy atom. The molecule has 1 rings (SSSR count). The van der Waals surface area contributed by atoms with Gasteiger partial charge in [-0.1, -0.05) is 13.8 Å². The molecule has 0 aliphatic carbocycles. The minimum Gasteiger partial charge on any atom is -0.465 e. The molecule has 19 heavy (non-hydrogen) atoms. The summed E-state index contributed by atoms with van der Waals surface area (Å²) in [6, 6.07) is 0. The molecule has 0 atom stereocenters. The number of rotatable bonds is 4. The Kier molecular flexibility index (Phi) is 4.75. The number of ether oxygens (including phenoxy) is 1. The highest BCUT2D eigenvalue weighted by molar-refractivity contribution is 6.00. The van der Waals surface area contributed by atoms with Crippen LogP contribution in [0.25, 0.3) is 0 Å². The number of aryl methyl sites for hydroxylation is 1. The van der Waals surface area contributed by atoms with E-state index in [0.29, 0.717) is 35.0 Å². The van der Waals surface area contributed by atoms with Crippen LogP contribution in [0.5, 0.6) is 0 Å². The van der Waals surface area contributed by atoms with Crippen molar-refractivity contribution < 1.29 is 14.3 Å². The van der Waals surface area contributed by atoms with E-state index < -0.39 is 5.97 Å². The molecule has 0 unspecified atom stereocenters. The zero-order valence-electron chi connectivity index (χ0n) is 12.5. The van der Waals surface area contributed by atoms with Gasteiger partial charge in [-0.3, -0.25) is 4.79 Å². The largest absolute Gasteiger partial charge is 0.465 e. The summed E-state index contributed by atoms with van der Waals surface area (Å²) in [5.74, 6) is -0.133. The molecule has 1 heterocycles. The number of H-pyrrole nitrogens is 1. The third-order valence-electron chi connectivity index (χ3n) is 3.03. The van der Waals surface area contributed by atoms with Crippen molar-refractivity contribution in [3.63, 3.8) is 0 Å². The van der Waals surface area contributed by atoms with Gasteiger partial charge in [0.25, 0.3) is 5.91 Å². The van der Waals surface area contributed by atoms with Gasteiger partial charge in [0.15, 0.2) is 0 Å². The molecule has 0 aliphatic heterocycles. The maximum absolute atomic E-state index is 12.3. The van der Waals surface area contributed by atoms with Crippen molar-refractivity contribution in [2.45, 2.75) is 27.7 Å². The smallest absolute Gasteiger partial charge is 0.339 e. The molecule has 0 aromatic carbocycles. The summed E-state index contributed by atoms with van der Waals surface area (Å²) in [4.78, 5) is 28.6. The number of carbonyl (C=O) groups is 2. The number of nitrogens with one attached hydrogen (secondary N) is 1. The summed E-state index contributed by atoms with van der Waals surface area (Å²) in [6.45, 7) is 8.29. The normalized spacial score (nSPS) is 10.7. The van der Waals surface area contributed by atoms with E-state index in [1.54, 1.807) is 25.8 Å². The summed E-state index contributed by atoms with van der Waals surface area (Å²) >= 11 is 0. The van der Waals surface area contributed by atoms with Gasteiger partial charge in [-0.2, -0.15) is 0 Å². The number of methoxy groups -OCH3 is 1. The molecule has 5 nitrogen and oxygen atoms in total. The number of hydrogen-bond donors (Lipinski definition) is 1. The zero-order chi connectivity index (χ0) is 14.7. The minimum absolute atomic E-state index is 0.107. The molecule has 0 aliphatic rings. The third-order valence-corrected chi connectivity index (χ3v) is 3.03. The van der Waals surface area contributed by atoms with Crippen molar-refractivity contribution in [3.8, 4) is 0 Å². The Bertz CT molecular complexity index is 489. The molecule has 1 amide bonds. The first-order valence-corrected chi connectivity index (χ1v) is 6.32. The number of amides is 1. The molecule has 106 valence electrons. The highest BCUT2D eigenvalue weighted by Crippen LogP contribution is 2.20. The van der Waals surface area contributed by atoms with E-state index in [1.807, 2.05) is 0 Å². The van der Waals surface area contributed by atoms with Gasteiger partial charge >= 0.3 is 5.97 Å². The van der Waals surface area contributed by atoms with E-state index in [0.717, 1.165) is 0 Å². The van der Waals surface area contributed by atoms with Gasteiger partial charge in [-0.05, 0) is 25.3 Å². The van der Waals surface area contributed by atoms with Crippen molar-refractivity contribution in [1.29, 1.82) is 0 Å². The second kappa shape index (κ2) is 5.91. The van der Waals surface area contributed by atoms with Crippen LogP contribution in [0.1, 0.15) is 46.0 Å². The number of hydrogen-bond acceptors (Lipinski definition) is 3. The topological polar surface area (TPSA) is 62.4 Å². The lowest BCUT2D eigenvalue weighted by Crippen LogP contribution is -2.31. The van der Waals surface area contributed by atoms with Crippen LogP contribution in [0, 0.1) is 19.8 Å². The second-order valence-electron chi connectivity index (χ2n) is 5.20. The fourth-order valence-corrected chi connectivity index (χ4v) is 2.19. The van der Waals surface area contributed by atoms with Crippen LogP contribution in [-0.4, -0.2) is 42.5 Å². The lowest BCUT2D eigenvalue weighted by Gasteiger charge is -2.19. The first kappa shape index (κ1) is 15.3. The molecule has 0 saturated carbocycles. The van der Waals surface area contributed by atoms with Crippen LogP contribution in [0.4, 0.5) is 0 Å². The van der Waals surface area contributed by atoms with E-state index >= 15 is 0 Å². The summed E-state index contributed by atoms with van der Waals surface area (Å²) in [5.41, 5.74) is 2.21. The van der Waals surface area contributed by atoms with E-state index in [-0.39, 0.29) is 5.91 Å². The van der Waals surface area contributed by atoms with Crippen molar-refractivity contribution in [3.05, 3.63) is 22.5 Å². The van der Waals surface area contributed by atoms with Crippen LogP contribution in [0.15, 0.2) is 0 Å². The Labute approximate surface area is 113 Å². The average Bonchev–Trinajstić information content (AvgIpc) is 2.62. The van der Waals surface area contributed by atoms with Crippen molar-refractivity contribution in [1.82, 2.24) is 9.88 Å². The standard InChI is InChI=1S/C14H22N2O3/c1-8(2)7-16(5)13(17)12-9(3)11(10(4)15-12)14(18)19-6/h8,15H,7H2,1-6H3. The van der Waals surface area contributed by atoms with E-state index in [1.165, 1.54) is 7.11 Å². The fourth-order valence-electron chi connectivity index (χ4n) is 2.19. The lowest BCUT2D eigenvalue weighted by molar-refractivity contribution is 0.0599. The molecule has 0 spiro atoms. The van der Waals surface area contributed by atoms with Crippen molar-refractivity contribution >= 4 is 11.9 Å². The van der Waals surface area contributed by atoms with Gasteiger partial charge in [-0.25, -0.2) is 4.79 Å². The minimum atomic E-state index is -0.420. The number of aromatic nitrogens is 1. The Morgan fingerprint density at radius 1 is 1.32 bits per heavy atom. The molecule has 0 saturated heterocycles. The monoisotopic (exact) mass is 266 g/mol. The predicted octanol–water partition coefficient (Wildman–Crippen LogP) is 2.15. The summed E-state index contributed by atoms with van der Waals surface area (Å²) in [6.07, 6.45) is 0. The molecule has 1 aromatic rings. The molecule has 5 heteroatoms. The molecule has 0 bridgehead atoms. The maximum Gasteiger partial charge on any atom is 0.339 e. The van der Waals surface area contributed by atoms with Gasteiger partial charge in [-0.15, -0.1) is 0 Å². The second-order valence-corrected chi connectivity index (χ2v) is 5.20. The van der Waals surface area contributed by atoms with Crippen LogP contribution in [0.2, 0.25) is 0 Å². The van der Waals surface area contributed by atoms with Gasteiger partial charge in [0.05, 0.1) is 12.7 Å². The van der Waals surface area contributed by atoms with Crippen molar-refractivity contribution in [2.75, 3.05) is 20.7 Å². The fraction of sp³-hybridized carbons (Fsp3) is 0.571. The molecule has 0 radical (unpaired) electrons. The van der Waals surface area contributed by atoms with Gasteiger partial charge in [0, 0.05) is 19.3 Å². The Morgan fingerprint density at radius 2 is 1.89 bits per heavy atom. The molecular weight excluding hydrogens is 244 g/mol. The van der Waals surface area contributed by atoms with Crippen LogP contribution in [0.3, 0.4) is 0 Å². The maximum atomic E-state index is 12.3. The van der Waals surface area contributed by atoms with Crippen molar-refractivity contribution in [2.24, 2.45) is 5.92 Å². The Hall–Kier alpha value is -1.78. The molecule has 0 fully saturated rings. The van der Waals surface area contributed by atoms with Gasteiger partial charge < -0.3 is 14.6 Å². The lowest BCUT2D eigenvalue weighted by atomic mass is 10.1. The van der Waals surface area contributed by atoms with Crippen LogP contribution >= 0.6 is 0 Å². The van der Waals surface area contributed by atoms with Gasteiger partial charge in [0.1, 0.15) is 5.69 Å². The number of esters is 1. The molecule has 1 N–H and O–H groups in total. The highest BCUT2D eigenvalue weighted by atomic mass is 16.5. The zero-order valence-corrected chi connectivity index (χ0v) is 12.5. The average molecular weight is 266 g/mol. The predicted molar refractivity (Wildman–Crippen MR) is 73.4 cm³/mol. The van der Waals surface area contributed by atoms with Crippen LogP contribution < -0.4 is 0 Å². The number of carbonyl (C=O) groups excluding carboxylic acids is 2. The van der Waals surface area contributed by atoms with Gasteiger partial charge in [0.2, 0.25) is 0 Å². The first-order valence-electron chi connectivity index (χ1n) is 6.32. The summed E-state index contributed by atoms with van der Waals surface area (Å²) in [5, 5.41) is 0. The summed E-state index contributed by atoms with van der Waals surface area (Å²) in [7, 11) is 3.09. The Balaban J connectivity index is 3.09. The SMILES string of the molecule is COC(=O)c1c(C)[nH]c(C(=O)N(C)CC(C)C)c1C. The highest BCUT2D eigenvalue weighted by Gasteiger charge is 2.24. The third kappa shape index (κ3) is 3.16. The number of nitrogens with zero attached hydrogens (tertiary/aromatic N) is 1.